The predicted octanol–water partition coefficient (Wildman–Crippen LogP) is 4.53. The molecule has 1 atom stereocenters. The highest BCUT2D eigenvalue weighted by Gasteiger charge is 2.14. The van der Waals surface area contributed by atoms with E-state index in [9.17, 15) is 4.79 Å². The van der Waals surface area contributed by atoms with Gasteiger partial charge in [0.05, 0.1) is 11.6 Å². The molecule has 0 spiro atoms. The Bertz CT molecular complexity index is 649. The van der Waals surface area contributed by atoms with Gasteiger partial charge in [0.15, 0.2) is 0 Å². The molecule has 0 aliphatic rings. The Labute approximate surface area is 125 Å². The lowest BCUT2D eigenvalue weighted by atomic mass is 10.1. The summed E-state index contributed by atoms with van der Waals surface area (Å²) in [6, 6.07) is 7.00. The molecule has 106 valence electrons. The molecule has 0 aliphatic heterocycles. The second-order valence-corrected chi connectivity index (χ2v) is 5.59. The quantitative estimate of drug-likeness (QED) is 0.860. The summed E-state index contributed by atoms with van der Waals surface area (Å²) < 4.78 is 6.25. The average molecular weight is 338 g/mol. The van der Waals surface area contributed by atoms with E-state index in [1.807, 2.05) is 26.8 Å². The molecule has 1 aromatic heterocycles. The summed E-state index contributed by atoms with van der Waals surface area (Å²) in [6.45, 7) is 5.89. The monoisotopic (exact) mass is 337 g/mol. The van der Waals surface area contributed by atoms with Crippen molar-refractivity contribution in [3.05, 3.63) is 51.4 Å². The summed E-state index contributed by atoms with van der Waals surface area (Å²) in [5.41, 5.74) is 2.20. The number of carboxylic acids is 1. The number of anilines is 1. The van der Waals surface area contributed by atoms with Crippen molar-refractivity contribution in [3.8, 4) is 0 Å². The molecule has 0 saturated heterocycles. The number of carboxylic acid groups (broad SMARTS) is 1. The Balaban J connectivity index is 2.22. The van der Waals surface area contributed by atoms with E-state index in [-0.39, 0.29) is 11.6 Å². The SMILES string of the molecule is Cc1cc(C(C)Nc2ccc(C(=O)O)cc2Br)c(C)o1. The number of furan rings is 1. The van der Waals surface area contributed by atoms with E-state index in [0.717, 1.165) is 27.2 Å². The van der Waals surface area contributed by atoms with Crippen molar-refractivity contribution in [2.75, 3.05) is 5.32 Å². The Morgan fingerprint density at radius 3 is 2.55 bits per heavy atom. The lowest BCUT2D eigenvalue weighted by Crippen LogP contribution is -2.08. The molecule has 5 heteroatoms. The highest BCUT2D eigenvalue weighted by molar-refractivity contribution is 9.10. The van der Waals surface area contributed by atoms with Crippen molar-refractivity contribution < 1.29 is 14.3 Å². The van der Waals surface area contributed by atoms with Crippen LogP contribution in [0.5, 0.6) is 0 Å². The Hall–Kier alpha value is -1.75. The highest BCUT2D eigenvalue weighted by Crippen LogP contribution is 2.29. The number of hydrogen-bond acceptors (Lipinski definition) is 3. The van der Waals surface area contributed by atoms with Gasteiger partial charge in [0, 0.05) is 15.7 Å². The van der Waals surface area contributed by atoms with Crippen LogP contribution in [0.4, 0.5) is 5.69 Å². The fraction of sp³-hybridized carbons (Fsp3) is 0.267. The van der Waals surface area contributed by atoms with Gasteiger partial charge in [-0.25, -0.2) is 4.79 Å². The molecule has 20 heavy (non-hydrogen) atoms. The molecule has 1 aromatic carbocycles. The summed E-state index contributed by atoms with van der Waals surface area (Å²) in [6.07, 6.45) is 0. The lowest BCUT2D eigenvalue weighted by molar-refractivity contribution is 0.0697. The average Bonchev–Trinajstić information content (AvgIpc) is 2.70. The van der Waals surface area contributed by atoms with Crippen LogP contribution in [-0.2, 0) is 0 Å². The van der Waals surface area contributed by atoms with Crippen LogP contribution in [0.3, 0.4) is 0 Å². The first-order chi connectivity index (χ1) is 9.38. The maximum absolute atomic E-state index is 10.9. The summed E-state index contributed by atoms with van der Waals surface area (Å²) in [4.78, 5) is 10.9. The standard InChI is InChI=1S/C15H16BrNO3/c1-8-6-12(10(3)20-8)9(2)17-14-5-4-11(15(18)19)7-13(14)16/h4-7,9,17H,1-3H3,(H,18,19). The minimum absolute atomic E-state index is 0.0689. The smallest absolute Gasteiger partial charge is 0.335 e. The normalized spacial score (nSPS) is 12.2. The van der Waals surface area contributed by atoms with E-state index in [4.69, 9.17) is 9.52 Å². The molecule has 0 saturated carbocycles. The third-order valence-electron chi connectivity index (χ3n) is 3.13. The van der Waals surface area contributed by atoms with Crippen molar-refractivity contribution in [1.82, 2.24) is 0 Å². The minimum Gasteiger partial charge on any atom is -0.478 e. The Morgan fingerprint density at radius 1 is 1.35 bits per heavy atom. The fourth-order valence-electron chi connectivity index (χ4n) is 2.16. The van der Waals surface area contributed by atoms with Crippen LogP contribution in [0.15, 0.2) is 33.2 Å². The van der Waals surface area contributed by atoms with Gasteiger partial charge >= 0.3 is 5.97 Å². The number of aryl methyl sites for hydroxylation is 2. The summed E-state index contributed by atoms with van der Waals surface area (Å²) in [5.74, 6) is 0.832. The van der Waals surface area contributed by atoms with Gasteiger partial charge in [-0.15, -0.1) is 0 Å². The molecule has 2 aromatic rings. The molecule has 0 fully saturated rings. The van der Waals surface area contributed by atoms with Crippen LogP contribution >= 0.6 is 15.9 Å². The van der Waals surface area contributed by atoms with Gasteiger partial charge < -0.3 is 14.8 Å². The zero-order valence-corrected chi connectivity index (χ0v) is 13.1. The number of halogens is 1. The zero-order valence-electron chi connectivity index (χ0n) is 11.5. The first-order valence-corrected chi connectivity index (χ1v) is 7.04. The highest BCUT2D eigenvalue weighted by atomic mass is 79.9. The first kappa shape index (κ1) is 14.7. The van der Waals surface area contributed by atoms with Crippen LogP contribution in [0, 0.1) is 13.8 Å². The molecule has 2 rings (SSSR count). The fourth-order valence-corrected chi connectivity index (χ4v) is 2.65. The van der Waals surface area contributed by atoms with E-state index in [1.54, 1.807) is 18.2 Å². The van der Waals surface area contributed by atoms with Crippen molar-refractivity contribution in [2.45, 2.75) is 26.8 Å². The number of rotatable bonds is 4. The van der Waals surface area contributed by atoms with Crippen molar-refractivity contribution in [2.24, 2.45) is 0 Å². The van der Waals surface area contributed by atoms with Gasteiger partial charge in [0.25, 0.3) is 0 Å². The van der Waals surface area contributed by atoms with Crippen LogP contribution in [0.25, 0.3) is 0 Å². The third kappa shape index (κ3) is 3.04. The number of aromatic carboxylic acids is 1. The summed E-state index contributed by atoms with van der Waals surface area (Å²) in [7, 11) is 0. The molecule has 0 aliphatic carbocycles. The third-order valence-corrected chi connectivity index (χ3v) is 3.79. The number of nitrogens with one attached hydrogen (secondary N) is 1. The topological polar surface area (TPSA) is 62.5 Å². The van der Waals surface area contributed by atoms with Gasteiger partial charge in [-0.2, -0.15) is 0 Å². The molecule has 0 bridgehead atoms. The lowest BCUT2D eigenvalue weighted by Gasteiger charge is -2.16. The van der Waals surface area contributed by atoms with Crippen molar-refractivity contribution in [1.29, 1.82) is 0 Å². The van der Waals surface area contributed by atoms with E-state index >= 15 is 0 Å². The second kappa shape index (κ2) is 5.71. The van der Waals surface area contributed by atoms with E-state index in [0.29, 0.717) is 0 Å². The molecule has 1 unspecified atom stereocenters. The molecule has 4 nitrogen and oxygen atoms in total. The minimum atomic E-state index is -0.938. The predicted molar refractivity (Wildman–Crippen MR) is 81.3 cm³/mol. The molecule has 2 N–H and O–H groups in total. The number of carbonyl (C=O) groups is 1. The van der Waals surface area contributed by atoms with Gasteiger partial charge in [0.1, 0.15) is 11.5 Å². The summed E-state index contributed by atoms with van der Waals surface area (Å²) >= 11 is 3.39. The number of hydrogen-bond donors (Lipinski definition) is 2. The van der Waals surface area contributed by atoms with E-state index in [1.165, 1.54) is 0 Å². The van der Waals surface area contributed by atoms with Crippen LogP contribution in [0.1, 0.15) is 40.4 Å². The molecule has 0 radical (unpaired) electrons. The number of benzene rings is 1. The maximum atomic E-state index is 10.9. The van der Waals surface area contributed by atoms with E-state index in [2.05, 4.69) is 21.2 Å². The maximum Gasteiger partial charge on any atom is 0.335 e. The van der Waals surface area contributed by atoms with E-state index < -0.39 is 5.97 Å². The van der Waals surface area contributed by atoms with Crippen molar-refractivity contribution >= 4 is 27.6 Å². The van der Waals surface area contributed by atoms with Gasteiger partial charge in [-0.3, -0.25) is 0 Å². The molecular weight excluding hydrogens is 322 g/mol. The van der Waals surface area contributed by atoms with Crippen LogP contribution in [-0.4, -0.2) is 11.1 Å². The molecule has 0 amide bonds. The molecular formula is C15H16BrNO3. The second-order valence-electron chi connectivity index (χ2n) is 4.73. The first-order valence-electron chi connectivity index (χ1n) is 6.25. The Kier molecular flexibility index (Phi) is 4.18. The Morgan fingerprint density at radius 2 is 2.05 bits per heavy atom. The van der Waals surface area contributed by atoms with Gasteiger partial charge in [0.2, 0.25) is 0 Å². The summed E-state index contributed by atoms with van der Waals surface area (Å²) in [5, 5.41) is 12.3. The van der Waals surface area contributed by atoms with Gasteiger partial charge in [-0.1, -0.05) is 0 Å². The largest absolute Gasteiger partial charge is 0.478 e. The van der Waals surface area contributed by atoms with Crippen LogP contribution < -0.4 is 5.32 Å². The van der Waals surface area contributed by atoms with Crippen molar-refractivity contribution in [3.63, 3.8) is 0 Å². The zero-order chi connectivity index (χ0) is 14.9. The van der Waals surface area contributed by atoms with Crippen LogP contribution in [0.2, 0.25) is 0 Å². The van der Waals surface area contributed by atoms with Gasteiger partial charge in [-0.05, 0) is 61.0 Å². The molecule has 1 heterocycles.